The van der Waals surface area contributed by atoms with Crippen molar-refractivity contribution in [3.63, 3.8) is 0 Å². The van der Waals surface area contributed by atoms with Crippen molar-refractivity contribution in [3.05, 3.63) is 29.3 Å². The van der Waals surface area contributed by atoms with E-state index in [0.717, 1.165) is 18.1 Å². The fourth-order valence-corrected chi connectivity index (χ4v) is 2.69. The molecule has 0 aliphatic rings. The van der Waals surface area contributed by atoms with Crippen LogP contribution in [0.25, 0.3) is 0 Å². The van der Waals surface area contributed by atoms with Crippen LogP contribution in [0.15, 0.2) is 18.2 Å². The third kappa shape index (κ3) is 7.74. The quantitative estimate of drug-likeness (QED) is 0.577. The van der Waals surface area contributed by atoms with Gasteiger partial charge in [-0.25, -0.2) is 0 Å². The highest BCUT2D eigenvalue weighted by Gasteiger charge is 2.12. The molecule has 0 saturated carbocycles. The van der Waals surface area contributed by atoms with E-state index >= 15 is 0 Å². The number of benzene rings is 1. The Morgan fingerprint density at radius 3 is 1.92 bits per heavy atom. The minimum atomic E-state index is -3.56. The largest absolute Gasteiger partial charge is 0.367 e. The zero-order valence-corrected chi connectivity index (χ0v) is 15.4. The number of aryl methyl sites for hydroxylation is 1. The SMILES string of the molecule is Cc1cc(N(CCOS(C)(=O)=O)CCOS(C)(=O)=O)ccc1C#N. The second-order valence-corrected chi connectivity index (χ2v) is 8.44. The zero-order valence-electron chi connectivity index (χ0n) is 13.7. The van der Waals surface area contributed by atoms with E-state index in [2.05, 4.69) is 6.07 Å². The number of hydrogen-bond acceptors (Lipinski definition) is 8. The van der Waals surface area contributed by atoms with Crippen molar-refractivity contribution >= 4 is 25.9 Å². The van der Waals surface area contributed by atoms with Gasteiger partial charge in [0, 0.05) is 18.8 Å². The van der Waals surface area contributed by atoms with Crippen molar-refractivity contribution in [2.75, 3.05) is 43.7 Å². The van der Waals surface area contributed by atoms with Gasteiger partial charge in [-0.2, -0.15) is 22.1 Å². The van der Waals surface area contributed by atoms with Crippen LogP contribution in [0.2, 0.25) is 0 Å². The fourth-order valence-electron chi connectivity index (χ4n) is 1.94. The van der Waals surface area contributed by atoms with Crippen LogP contribution < -0.4 is 4.90 Å². The van der Waals surface area contributed by atoms with Gasteiger partial charge in [-0.05, 0) is 30.7 Å². The highest BCUT2D eigenvalue weighted by Crippen LogP contribution is 2.19. The Morgan fingerprint density at radius 1 is 1.04 bits per heavy atom. The molecule has 0 aliphatic carbocycles. The van der Waals surface area contributed by atoms with Crippen LogP contribution in [0.1, 0.15) is 11.1 Å². The molecule has 0 spiro atoms. The van der Waals surface area contributed by atoms with Crippen LogP contribution in [0.3, 0.4) is 0 Å². The van der Waals surface area contributed by atoms with Crippen LogP contribution in [0.5, 0.6) is 0 Å². The van der Waals surface area contributed by atoms with Gasteiger partial charge in [-0.15, -0.1) is 0 Å². The fraction of sp³-hybridized carbons (Fsp3) is 0.500. The van der Waals surface area contributed by atoms with Crippen LogP contribution in [-0.4, -0.2) is 55.7 Å². The topological polar surface area (TPSA) is 114 Å². The highest BCUT2D eigenvalue weighted by molar-refractivity contribution is 7.86. The molecule has 0 N–H and O–H groups in total. The van der Waals surface area contributed by atoms with Crippen molar-refractivity contribution in [2.24, 2.45) is 0 Å². The normalized spacial score (nSPS) is 11.9. The molecule has 0 aromatic heterocycles. The first kappa shape index (κ1) is 20.4. The Hall–Kier alpha value is -1.67. The molecule has 0 fully saturated rings. The predicted molar refractivity (Wildman–Crippen MR) is 89.7 cm³/mol. The number of nitriles is 1. The minimum Gasteiger partial charge on any atom is -0.367 e. The molecule has 0 atom stereocenters. The molecule has 1 rings (SSSR count). The third-order valence-electron chi connectivity index (χ3n) is 3.01. The molecule has 24 heavy (non-hydrogen) atoms. The minimum absolute atomic E-state index is 0.0866. The van der Waals surface area contributed by atoms with E-state index in [1.807, 2.05) is 0 Å². The van der Waals surface area contributed by atoms with Gasteiger partial charge in [-0.1, -0.05) is 0 Å². The molecule has 0 unspecified atom stereocenters. The zero-order chi connectivity index (χ0) is 18.4. The first-order chi connectivity index (χ1) is 11.0. The van der Waals surface area contributed by atoms with Gasteiger partial charge in [0.15, 0.2) is 0 Å². The lowest BCUT2D eigenvalue weighted by atomic mass is 10.1. The smallest absolute Gasteiger partial charge is 0.264 e. The Labute approximate surface area is 142 Å². The van der Waals surface area contributed by atoms with Gasteiger partial charge in [0.05, 0.1) is 37.4 Å². The average molecular weight is 376 g/mol. The van der Waals surface area contributed by atoms with E-state index in [1.165, 1.54) is 0 Å². The van der Waals surface area contributed by atoms with Crippen LogP contribution in [0, 0.1) is 18.3 Å². The summed E-state index contributed by atoms with van der Waals surface area (Å²) in [7, 11) is -7.12. The molecular weight excluding hydrogens is 356 g/mol. The molecule has 0 bridgehead atoms. The summed E-state index contributed by atoms with van der Waals surface area (Å²) in [5.41, 5.74) is 1.99. The number of rotatable bonds is 9. The second-order valence-electron chi connectivity index (χ2n) is 5.15. The molecule has 0 heterocycles. The van der Waals surface area contributed by atoms with Crippen molar-refractivity contribution in [3.8, 4) is 6.07 Å². The molecule has 0 radical (unpaired) electrons. The molecular formula is C14H20N2O6S2. The van der Waals surface area contributed by atoms with Crippen LogP contribution >= 0.6 is 0 Å². The lowest BCUT2D eigenvalue weighted by Gasteiger charge is -2.24. The summed E-state index contributed by atoms with van der Waals surface area (Å²) in [5, 5.41) is 8.97. The number of hydrogen-bond donors (Lipinski definition) is 0. The van der Waals surface area contributed by atoms with Crippen molar-refractivity contribution in [2.45, 2.75) is 6.92 Å². The van der Waals surface area contributed by atoms with Crippen molar-refractivity contribution in [1.82, 2.24) is 0 Å². The second kappa shape index (κ2) is 8.43. The molecule has 134 valence electrons. The summed E-state index contributed by atoms with van der Waals surface area (Å²) < 4.78 is 53.7. The maximum absolute atomic E-state index is 11.1. The number of nitrogens with zero attached hydrogens (tertiary/aromatic N) is 2. The molecule has 0 amide bonds. The van der Waals surface area contributed by atoms with E-state index in [-0.39, 0.29) is 26.3 Å². The van der Waals surface area contributed by atoms with Gasteiger partial charge < -0.3 is 4.90 Å². The monoisotopic (exact) mass is 376 g/mol. The Balaban J connectivity index is 2.87. The average Bonchev–Trinajstić information content (AvgIpc) is 2.43. The summed E-state index contributed by atoms with van der Waals surface area (Å²) in [6, 6.07) is 7.17. The van der Waals surface area contributed by atoms with E-state index in [4.69, 9.17) is 13.6 Å². The molecule has 1 aromatic rings. The van der Waals surface area contributed by atoms with Gasteiger partial charge in [-0.3, -0.25) is 8.37 Å². The van der Waals surface area contributed by atoms with Gasteiger partial charge in [0.25, 0.3) is 20.2 Å². The van der Waals surface area contributed by atoms with Gasteiger partial charge in [0.1, 0.15) is 0 Å². The maximum atomic E-state index is 11.1. The Morgan fingerprint density at radius 2 is 1.54 bits per heavy atom. The molecule has 10 heteroatoms. The summed E-state index contributed by atoms with van der Waals surface area (Å²) >= 11 is 0. The summed E-state index contributed by atoms with van der Waals surface area (Å²) in [4.78, 5) is 1.73. The molecule has 1 aromatic carbocycles. The number of anilines is 1. The third-order valence-corrected chi connectivity index (χ3v) is 4.20. The standard InChI is InChI=1S/C14H20N2O6S2/c1-12-10-14(5-4-13(12)11-15)16(6-8-21-23(2,17)18)7-9-22-24(3,19)20/h4-5,10H,6-9H2,1-3H3. The van der Waals surface area contributed by atoms with Crippen LogP contribution in [-0.2, 0) is 28.6 Å². The van der Waals surface area contributed by atoms with E-state index in [9.17, 15) is 16.8 Å². The summed E-state index contributed by atoms with van der Waals surface area (Å²) in [6.45, 7) is 2.03. The maximum Gasteiger partial charge on any atom is 0.264 e. The summed E-state index contributed by atoms with van der Waals surface area (Å²) in [6.07, 6.45) is 1.91. The summed E-state index contributed by atoms with van der Waals surface area (Å²) in [5.74, 6) is 0. The van der Waals surface area contributed by atoms with Crippen molar-refractivity contribution in [1.29, 1.82) is 5.26 Å². The van der Waals surface area contributed by atoms with E-state index < -0.39 is 20.2 Å². The lowest BCUT2D eigenvalue weighted by molar-refractivity contribution is 0.309. The van der Waals surface area contributed by atoms with E-state index in [0.29, 0.717) is 11.3 Å². The van der Waals surface area contributed by atoms with Crippen LogP contribution in [0.4, 0.5) is 5.69 Å². The Kier molecular flexibility index (Phi) is 7.16. The first-order valence-corrected chi connectivity index (χ1v) is 10.6. The highest BCUT2D eigenvalue weighted by atomic mass is 32.2. The first-order valence-electron chi connectivity index (χ1n) is 6.96. The van der Waals surface area contributed by atoms with Gasteiger partial charge >= 0.3 is 0 Å². The Bertz CT molecular complexity index is 774. The lowest BCUT2D eigenvalue weighted by Crippen LogP contribution is -2.32. The predicted octanol–water partition coefficient (Wildman–Crippen LogP) is 0.626. The molecule has 8 nitrogen and oxygen atoms in total. The van der Waals surface area contributed by atoms with Crippen molar-refractivity contribution < 1.29 is 25.2 Å². The van der Waals surface area contributed by atoms with Gasteiger partial charge in [0.2, 0.25) is 0 Å². The molecule has 0 aliphatic heterocycles. The van der Waals surface area contributed by atoms with E-state index in [1.54, 1.807) is 30.0 Å². The molecule has 0 saturated heterocycles.